The summed E-state index contributed by atoms with van der Waals surface area (Å²) < 4.78 is 11.4. The quantitative estimate of drug-likeness (QED) is 0.498. The molecule has 0 aliphatic heterocycles. The van der Waals surface area contributed by atoms with E-state index in [0.717, 1.165) is 30.6 Å². The summed E-state index contributed by atoms with van der Waals surface area (Å²) >= 11 is 0. The van der Waals surface area contributed by atoms with Gasteiger partial charge in [0.15, 0.2) is 5.69 Å². The molecule has 1 N–H and O–H groups in total. The number of carbonyl (C=O) groups excluding carboxylic acids is 1. The van der Waals surface area contributed by atoms with Gasteiger partial charge in [0.25, 0.3) is 0 Å². The Morgan fingerprint density at radius 2 is 2.03 bits per heavy atom. The Kier molecular flexibility index (Phi) is 5.23. The average molecular weight is 457 g/mol. The van der Waals surface area contributed by atoms with E-state index in [-0.39, 0.29) is 11.4 Å². The van der Waals surface area contributed by atoms with Gasteiger partial charge in [0.05, 0.1) is 6.61 Å². The summed E-state index contributed by atoms with van der Waals surface area (Å²) in [5, 5.41) is 7.62. The van der Waals surface area contributed by atoms with Crippen molar-refractivity contribution in [1.82, 2.24) is 10.2 Å². The molecule has 5 nitrogen and oxygen atoms in total. The molecule has 1 fully saturated rings. The van der Waals surface area contributed by atoms with Gasteiger partial charge in [-0.1, -0.05) is 43.3 Å². The van der Waals surface area contributed by atoms with E-state index < -0.39 is 0 Å². The Hall–Kier alpha value is -3.08. The van der Waals surface area contributed by atoms with Crippen molar-refractivity contribution in [3.63, 3.8) is 0 Å². The SMILES string of the molecule is CCOC(=O)c1n[nH]c2c1C[C@H]1[C@@H]3CCc4cc(OCc5ccccc5)ccc4[C@H]3CC[C@]21C. The average Bonchev–Trinajstić information content (AvgIpc) is 3.41. The second-order valence-electron chi connectivity index (χ2n) is 10.4. The van der Waals surface area contributed by atoms with Crippen molar-refractivity contribution in [3.8, 4) is 5.75 Å². The number of carbonyl (C=O) groups is 1. The van der Waals surface area contributed by atoms with Gasteiger partial charge in [0, 0.05) is 16.7 Å². The fourth-order valence-corrected chi connectivity index (χ4v) is 7.02. The summed E-state index contributed by atoms with van der Waals surface area (Å²) in [6, 6.07) is 17.1. The number of ether oxygens (including phenoxy) is 2. The Morgan fingerprint density at radius 1 is 1.18 bits per heavy atom. The summed E-state index contributed by atoms with van der Waals surface area (Å²) in [6.45, 7) is 5.19. The zero-order chi connectivity index (χ0) is 23.3. The van der Waals surface area contributed by atoms with Crippen LogP contribution in [0.4, 0.5) is 0 Å². The van der Waals surface area contributed by atoms with E-state index in [0.29, 0.717) is 36.7 Å². The molecule has 4 atom stereocenters. The molecule has 0 radical (unpaired) electrons. The van der Waals surface area contributed by atoms with Crippen molar-refractivity contribution in [1.29, 1.82) is 0 Å². The van der Waals surface area contributed by atoms with Gasteiger partial charge in [-0.2, -0.15) is 5.10 Å². The molecular formula is C29H32N2O3. The Morgan fingerprint density at radius 3 is 2.85 bits per heavy atom. The largest absolute Gasteiger partial charge is 0.489 e. The van der Waals surface area contributed by atoms with Crippen molar-refractivity contribution in [2.24, 2.45) is 11.8 Å². The summed E-state index contributed by atoms with van der Waals surface area (Å²) in [6.07, 6.45) is 5.48. The molecule has 6 rings (SSSR count). The van der Waals surface area contributed by atoms with Crippen LogP contribution >= 0.6 is 0 Å². The normalized spacial score (nSPS) is 26.7. The van der Waals surface area contributed by atoms with Gasteiger partial charge in [0.1, 0.15) is 12.4 Å². The van der Waals surface area contributed by atoms with Gasteiger partial charge in [-0.25, -0.2) is 4.79 Å². The minimum Gasteiger partial charge on any atom is -0.489 e. The van der Waals surface area contributed by atoms with Crippen molar-refractivity contribution < 1.29 is 14.3 Å². The lowest BCUT2D eigenvalue weighted by Crippen LogP contribution is -2.43. The first-order valence-corrected chi connectivity index (χ1v) is 12.6. The molecule has 0 spiro atoms. The van der Waals surface area contributed by atoms with Crippen LogP contribution in [0.1, 0.15) is 77.5 Å². The fourth-order valence-electron chi connectivity index (χ4n) is 7.02. The van der Waals surface area contributed by atoms with E-state index >= 15 is 0 Å². The van der Waals surface area contributed by atoms with Crippen LogP contribution in [-0.2, 0) is 29.6 Å². The topological polar surface area (TPSA) is 64.2 Å². The van der Waals surface area contributed by atoms with Crippen LogP contribution < -0.4 is 4.74 Å². The number of fused-ring (bicyclic) bond motifs is 7. The molecule has 3 aromatic rings. The monoisotopic (exact) mass is 456 g/mol. The number of aromatic amines is 1. The van der Waals surface area contributed by atoms with Gasteiger partial charge in [0.2, 0.25) is 0 Å². The van der Waals surface area contributed by atoms with Crippen LogP contribution in [-0.4, -0.2) is 22.8 Å². The van der Waals surface area contributed by atoms with Crippen molar-refractivity contribution >= 4 is 5.97 Å². The minimum absolute atomic E-state index is 0.0600. The van der Waals surface area contributed by atoms with E-state index in [4.69, 9.17) is 9.47 Å². The predicted molar refractivity (Wildman–Crippen MR) is 130 cm³/mol. The first kappa shape index (κ1) is 21.5. The van der Waals surface area contributed by atoms with Crippen LogP contribution in [0.2, 0.25) is 0 Å². The van der Waals surface area contributed by atoms with Crippen LogP contribution in [0.15, 0.2) is 48.5 Å². The lowest BCUT2D eigenvalue weighted by molar-refractivity contribution is 0.0516. The number of aromatic nitrogens is 2. The van der Waals surface area contributed by atoms with E-state index in [1.54, 1.807) is 0 Å². The molecule has 3 aliphatic carbocycles. The molecule has 0 amide bonds. The molecule has 0 unspecified atom stereocenters. The second kappa shape index (κ2) is 8.30. The second-order valence-corrected chi connectivity index (χ2v) is 10.4. The molecule has 34 heavy (non-hydrogen) atoms. The zero-order valence-corrected chi connectivity index (χ0v) is 20.0. The van der Waals surface area contributed by atoms with Crippen LogP contribution in [0.5, 0.6) is 5.75 Å². The molecule has 1 saturated carbocycles. The number of hydrogen-bond donors (Lipinski definition) is 1. The Labute approximate surface area is 200 Å². The highest BCUT2D eigenvalue weighted by atomic mass is 16.5. The number of hydrogen-bond acceptors (Lipinski definition) is 4. The molecule has 0 bridgehead atoms. The number of H-pyrrole nitrogens is 1. The van der Waals surface area contributed by atoms with E-state index in [1.165, 1.54) is 35.2 Å². The third-order valence-corrected chi connectivity index (χ3v) is 8.67. The summed E-state index contributed by atoms with van der Waals surface area (Å²) in [5.74, 6) is 2.40. The van der Waals surface area contributed by atoms with Crippen molar-refractivity contribution in [2.75, 3.05) is 6.61 Å². The molecule has 3 aliphatic rings. The number of benzene rings is 2. The minimum atomic E-state index is -0.296. The highest BCUT2D eigenvalue weighted by Gasteiger charge is 2.55. The zero-order valence-electron chi connectivity index (χ0n) is 20.0. The number of aryl methyl sites for hydroxylation is 1. The van der Waals surface area contributed by atoms with Crippen LogP contribution in [0, 0.1) is 11.8 Å². The van der Waals surface area contributed by atoms with E-state index in [1.807, 2.05) is 25.1 Å². The van der Waals surface area contributed by atoms with E-state index in [9.17, 15) is 4.79 Å². The number of nitrogens with one attached hydrogen (secondary N) is 1. The van der Waals surface area contributed by atoms with Gasteiger partial charge >= 0.3 is 5.97 Å². The maximum Gasteiger partial charge on any atom is 0.359 e. The summed E-state index contributed by atoms with van der Waals surface area (Å²) in [7, 11) is 0. The first-order valence-electron chi connectivity index (χ1n) is 12.6. The van der Waals surface area contributed by atoms with Crippen molar-refractivity contribution in [3.05, 3.63) is 82.2 Å². The Balaban J connectivity index is 1.23. The first-order chi connectivity index (χ1) is 16.6. The molecule has 5 heteroatoms. The van der Waals surface area contributed by atoms with Gasteiger partial charge in [-0.15, -0.1) is 0 Å². The predicted octanol–water partition coefficient (Wildman–Crippen LogP) is 5.74. The number of esters is 1. The third-order valence-electron chi connectivity index (χ3n) is 8.67. The molecule has 2 aromatic carbocycles. The molecule has 176 valence electrons. The lowest BCUT2D eigenvalue weighted by atomic mass is 9.55. The summed E-state index contributed by atoms with van der Waals surface area (Å²) in [4.78, 5) is 12.5. The van der Waals surface area contributed by atoms with Gasteiger partial charge in [-0.05, 0) is 85.6 Å². The van der Waals surface area contributed by atoms with Crippen LogP contribution in [0.25, 0.3) is 0 Å². The highest BCUT2D eigenvalue weighted by molar-refractivity contribution is 5.89. The van der Waals surface area contributed by atoms with Gasteiger partial charge in [-0.3, -0.25) is 5.10 Å². The maximum atomic E-state index is 12.5. The molecule has 1 aromatic heterocycles. The lowest BCUT2D eigenvalue weighted by Gasteiger charge is -2.49. The molecular weight excluding hydrogens is 424 g/mol. The van der Waals surface area contributed by atoms with Crippen molar-refractivity contribution in [2.45, 2.75) is 63.9 Å². The van der Waals surface area contributed by atoms with E-state index in [2.05, 4.69) is 47.5 Å². The molecule has 1 heterocycles. The van der Waals surface area contributed by atoms with Gasteiger partial charge < -0.3 is 9.47 Å². The fraction of sp³-hybridized carbons (Fsp3) is 0.448. The third kappa shape index (κ3) is 3.36. The summed E-state index contributed by atoms with van der Waals surface area (Å²) in [5.41, 5.74) is 6.97. The maximum absolute atomic E-state index is 12.5. The highest BCUT2D eigenvalue weighted by Crippen LogP contribution is 2.60. The number of rotatable bonds is 5. The number of nitrogens with zero attached hydrogens (tertiary/aromatic N) is 1. The smallest absolute Gasteiger partial charge is 0.359 e. The standard InChI is InChI=1S/C29H32N2O3/c1-3-33-28(32)26-24-16-25-23-11-9-19-15-20(34-17-18-7-5-4-6-8-18)10-12-21(19)22(23)13-14-29(25,2)27(24)31-30-26/h4-8,10,12,15,22-23,25H,3,9,11,13-14,16-17H2,1-2H3,(H,30,31)/t22-,23-,25+,29+/m1/s1. The van der Waals surface area contributed by atoms with Crippen LogP contribution in [0.3, 0.4) is 0 Å². The Bertz CT molecular complexity index is 1220. The molecule has 0 saturated heterocycles.